The van der Waals surface area contributed by atoms with E-state index in [-0.39, 0.29) is 12.1 Å². The highest BCUT2D eigenvalue weighted by atomic mass is 16.5. The molecule has 2 aromatic heterocycles. The summed E-state index contributed by atoms with van der Waals surface area (Å²) in [6, 6.07) is 4.51. The summed E-state index contributed by atoms with van der Waals surface area (Å²) in [5, 5.41) is 7.82. The molecule has 130 valence electrons. The Hall–Kier alpha value is -1.75. The largest absolute Gasteiger partial charge is 0.338 e. The van der Waals surface area contributed by atoms with Crippen LogP contribution in [0.2, 0.25) is 0 Å². The number of aromatic nitrogens is 3. The molecule has 3 rings (SSSR count). The third-order valence-corrected chi connectivity index (χ3v) is 4.92. The zero-order valence-corrected chi connectivity index (χ0v) is 14.7. The van der Waals surface area contributed by atoms with E-state index in [1.54, 1.807) is 0 Å². The van der Waals surface area contributed by atoms with Crippen LogP contribution in [0.25, 0.3) is 0 Å². The number of aryl methyl sites for hydroxylation is 1. The van der Waals surface area contributed by atoms with Gasteiger partial charge in [0.25, 0.3) is 0 Å². The van der Waals surface area contributed by atoms with Gasteiger partial charge in [0.05, 0.1) is 6.04 Å². The third-order valence-electron chi connectivity index (χ3n) is 4.92. The lowest BCUT2D eigenvalue weighted by atomic mass is 9.81. The molecule has 2 heterocycles. The molecule has 2 aromatic rings. The standard InChI is InChI=1S/C19H28N4O/c1-3-8-17-22-19(24-23-17)14(2)21-18(15-9-5-4-6-10-15)16-11-7-12-20-13-16/h7,11-15,18,21H,3-6,8-10H2,1-2H3/t14-,18-/m1/s1. The van der Waals surface area contributed by atoms with E-state index in [1.165, 1.54) is 37.7 Å². The molecule has 0 aliphatic heterocycles. The lowest BCUT2D eigenvalue weighted by Gasteiger charge is -2.32. The molecular formula is C19H28N4O. The van der Waals surface area contributed by atoms with Crippen LogP contribution < -0.4 is 5.32 Å². The van der Waals surface area contributed by atoms with Crippen molar-refractivity contribution in [3.8, 4) is 0 Å². The van der Waals surface area contributed by atoms with E-state index in [4.69, 9.17) is 4.52 Å². The minimum atomic E-state index is 0.0373. The van der Waals surface area contributed by atoms with Gasteiger partial charge in [0.1, 0.15) is 0 Å². The fraction of sp³-hybridized carbons (Fsp3) is 0.632. The number of nitrogens with one attached hydrogen (secondary N) is 1. The predicted molar refractivity (Wildman–Crippen MR) is 93.4 cm³/mol. The molecule has 1 aliphatic carbocycles. The summed E-state index contributed by atoms with van der Waals surface area (Å²) >= 11 is 0. The first kappa shape index (κ1) is 17.1. The molecule has 0 spiro atoms. The molecule has 0 bridgehead atoms. The second kappa shape index (κ2) is 8.38. The molecule has 0 radical (unpaired) electrons. The first-order chi connectivity index (χ1) is 11.8. The Kier molecular flexibility index (Phi) is 5.96. The van der Waals surface area contributed by atoms with Crippen molar-refractivity contribution in [2.45, 2.75) is 70.9 Å². The van der Waals surface area contributed by atoms with E-state index in [9.17, 15) is 0 Å². The maximum absolute atomic E-state index is 5.46. The average Bonchev–Trinajstić information content (AvgIpc) is 3.10. The quantitative estimate of drug-likeness (QED) is 0.816. The summed E-state index contributed by atoms with van der Waals surface area (Å²) in [7, 11) is 0. The Balaban J connectivity index is 1.74. The summed E-state index contributed by atoms with van der Waals surface area (Å²) in [5.74, 6) is 2.13. The maximum atomic E-state index is 5.46. The van der Waals surface area contributed by atoms with Crippen LogP contribution in [0.5, 0.6) is 0 Å². The van der Waals surface area contributed by atoms with Gasteiger partial charge in [0, 0.05) is 24.9 Å². The normalized spacial score (nSPS) is 18.4. The molecule has 0 saturated heterocycles. The molecule has 0 aromatic carbocycles. The summed E-state index contributed by atoms with van der Waals surface area (Å²) in [6.07, 6.45) is 12.2. The van der Waals surface area contributed by atoms with Gasteiger partial charge in [-0.1, -0.05) is 37.4 Å². The van der Waals surface area contributed by atoms with Crippen molar-refractivity contribution in [1.29, 1.82) is 0 Å². The third kappa shape index (κ3) is 4.20. The van der Waals surface area contributed by atoms with Crippen molar-refractivity contribution in [2.75, 3.05) is 0 Å². The smallest absolute Gasteiger partial charge is 0.243 e. The van der Waals surface area contributed by atoms with E-state index in [2.05, 4.69) is 40.4 Å². The number of nitrogens with zero attached hydrogens (tertiary/aromatic N) is 3. The second-order valence-electron chi connectivity index (χ2n) is 6.85. The molecule has 2 atom stereocenters. The van der Waals surface area contributed by atoms with Crippen LogP contribution in [0.3, 0.4) is 0 Å². The van der Waals surface area contributed by atoms with Gasteiger partial charge >= 0.3 is 0 Å². The van der Waals surface area contributed by atoms with Gasteiger partial charge in [-0.05, 0) is 43.7 Å². The van der Waals surface area contributed by atoms with E-state index < -0.39 is 0 Å². The fourth-order valence-electron chi connectivity index (χ4n) is 3.64. The van der Waals surface area contributed by atoms with Crippen LogP contribution in [-0.4, -0.2) is 15.1 Å². The molecule has 24 heavy (non-hydrogen) atoms. The van der Waals surface area contributed by atoms with E-state index >= 15 is 0 Å². The van der Waals surface area contributed by atoms with Crippen LogP contribution in [0.4, 0.5) is 0 Å². The SMILES string of the molecule is CCCc1noc([C@@H](C)N[C@@H](c2cccnc2)C2CCCCC2)n1. The Bertz CT molecular complexity index is 607. The Morgan fingerprint density at radius 2 is 2.12 bits per heavy atom. The number of hydrogen-bond acceptors (Lipinski definition) is 5. The maximum Gasteiger partial charge on any atom is 0.243 e. The summed E-state index contributed by atoms with van der Waals surface area (Å²) < 4.78 is 5.46. The predicted octanol–water partition coefficient (Wildman–Crippen LogP) is 4.39. The fourth-order valence-corrected chi connectivity index (χ4v) is 3.64. The van der Waals surface area contributed by atoms with Gasteiger partial charge in [-0.2, -0.15) is 4.98 Å². The van der Waals surface area contributed by atoms with Gasteiger partial charge in [-0.15, -0.1) is 0 Å². The molecule has 1 N–H and O–H groups in total. The minimum Gasteiger partial charge on any atom is -0.338 e. The highest BCUT2D eigenvalue weighted by molar-refractivity contribution is 5.16. The first-order valence-electron chi connectivity index (χ1n) is 9.26. The number of rotatable bonds is 7. The van der Waals surface area contributed by atoms with Gasteiger partial charge in [-0.3, -0.25) is 10.3 Å². The van der Waals surface area contributed by atoms with Crippen molar-refractivity contribution in [3.05, 3.63) is 41.8 Å². The van der Waals surface area contributed by atoms with Crippen LogP contribution in [0.15, 0.2) is 29.0 Å². The molecule has 1 saturated carbocycles. The van der Waals surface area contributed by atoms with Gasteiger partial charge in [-0.25, -0.2) is 0 Å². The summed E-state index contributed by atoms with van der Waals surface area (Å²) in [5.41, 5.74) is 1.25. The molecule has 1 aliphatic rings. The highest BCUT2D eigenvalue weighted by Gasteiger charge is 2.28. The molecule has 5 heteroatoms. The molecule has 0 unspecified atom stereocenters. The lowest BCUT2D eigenvalue weighted by Crippen LogP contribution is -2.32. The summed E-state index contributed by atoms with van der Waals surface area (Å²) in [4.78, 5) is 8.85. The Labute approximate surface area is 144 Å². The highest BCUT2D eigenvalue weighted by Crippen LogP contribution is 2.35. The zero-order valence-electron chi connectivity index (χ0n) is 14.7. The summed E-state index contributed by atoms with van der Waals surface area (Å²) in [6.45, 7) is 4.23. The average molecular weight is 328 g/mol. The Morgan fingerprint density at radius 1 is 1.29 bits per heavy atom. The van der Waals surface area contributed by atoms with E-state index in [0.29, 0.717) is 11.8 Å². The van der Waals surface area contributed by atoms with E-state index in [1.807, 2.05) is 18.5 Å². The van der Waals surface area contributed by atoms with Crippen LogP contribution in [-0.2, 0) is 6.42 Å². The van der Waals surface area contributed by atoms with Crippen molar-refractivity contribution in [2.24, 2.45) is 5.92 Å². The van der Waals surface area contributed by atoms with Crippen LogP contribution in [0, 0.1) is 5.92 Å². The zero-order chi connectivity index (χ0) is 16.8. The second-order valence-corrected chi connectivity index (χ2v) is 6.85. The van der Waals surface area contributed by atoms with Crippen molar-refractivity contribution in [1.82, 2.24) is 20.4 Å². The number of hydrogen-bond donors (Lipinski definition) is 1. The van der Waals surface area contributed by atoms with Gasteiger partial charge in [0.15, 0.2) is 5.82 Å². The van der Waals surface area contributed by atoms with Crippen molar-refractivity contribution >= 4 is 0 Å². The molecule has 0 amide bonds. The minimum absolute atomic E-state index is 0.0373. The topological polar surface area (TPSA) is 63.8 Å². The molecule has 5 nitrogen and oxygen atoms in total. The van der Waals surface area contributed by atoms with Gasteiger partial charge < -0.3 is 4.52 Å². The monoisotopic (exact) mass is 328 g/mol. The van der Waals surface area contributed by atoms with Crippen LogP contribution in [0.1, 0.15) is 81.7 Å². The van der Waals surface area contributed by atoms with Gasteiger partial charge in [0.2, 0.25) is 5.89 Å². The molecule has 1 fully saturated rings. The first-order valence-corrected chi connectivity index (χ1v) is 9.26. The number of pyridine rings is 1. The Morgan fingerprint density at radius 3 is 2.83 bits per heavy atom. The van der Waals surface area contributed by atoms with Crippen molar-refractivity contribution < 1.29 is 4.52 Å². The van der Waals surface area contributed by atoms with E-state index in [0.717, 1.165) is 18.7 Å². The molecular weight excluding hydrogens is 300 g/mol. The van der Waals surface area contributed by atoms with Crippen LogP contribution >= 0.6 is 0 Å². The lowest BCUT2D eigenvalue weighted by molar-refractivity contribution is 0.239. The van der Waals surface area contributed by atoms with Crippen molar-refractivity contribution in [3.63, 3.8) is 0 Å².